The Balaban J connectivity index is 1.46. The zero-order valence-corrected chi connectivity index (χ0v) is 14.4. The molecule has 2 aliphatic heterocycles. The summed E-state index contributed by atoms with van der Waals surface area (Å²) in [5.74, 6) is 0.610. The Bertz CT molecular complexity index is 863. The van der Waals surface area contributed by atoms with Crippen molar-refractivity contribution in [2.45, 2.75) is 25.5 Å². The minimum atomic E-state index is -0.822. The molecule has 2 atom stereocenters. The van der Waals surface area contributed by atoms with Crippen LogP contribution in [0.25, 0.3) is 0 Å². The Labute approximate surface area is 151 Å². The molecule has 0 bridgehead atoms. The number of carbonyl (C=O) groups excluding carboxylic acids is 2. The van der Waals surface area contributed by atoms with Crippen molar-refractivity contribution in [1.29, 1.82) is 0 Å². The van der Waals surface area contributed by atoms with Gasteiger partial charge in [0, 0.05) is 6.42 Å². The molecule has 0 spiro atoms. The van der Waals surface area contributed by atoms with E-state index >= 15 is 0 Å². The Kier molecular flexibility index (Phi) is 4.24. The molecule has 2 aromatic carbocycles. The van der Waals surface area contributed by atoms with E-state index in [0.717, 1.165) is 11.1 Å². The summed E-state index contributed by atoms with van der Waals surface area (Å²) >= 11 is 0. The molecular weight excluding hydrogens is 334 g/mol. The number of amides is 1. The third-order valence-corrected chi connectivity index (χ3v) is 4.61. The van der Waals surface area contributed by atoms with Crippen LogP contribution < -0.4 is 14.8 Å². The van der Waals surface area contributed by atoms with Crippen LogP contribution in [0.2, 0.25) is 0 Å². The lowest BCUT2D eigenvalue weighted by molar-refractivity contribution is -0.131. The maximum Gasteiger partial charge on any atom is 0.339 e. The van der Waals surface area contributed by atoms with E-state index in [2.05, 4.69) is 5.32 Å². The number of rotatable bonds is 3. The van der Waals surface area contributed by atoms with Gasteiger partial charge in [-0.05, 0) is 36.2 Å². The molecule has 1 amide bonds. The number of hydrogen-bond donors (Lipinski definition) is 1. The molecule has 6 heteroatoms. The molecule has 1 N–H and O–H groups in total. The van der Waals surface area contributed by atoms with Gasteiger partial charge in [0.25, 0.3) is 5.91 Å². The summed E-state index contributed by atoms with van der Waals surface area (Å²) in [5, 5.41) is 2.91. The number of nitrogens with one attached hydrogen (secondary N) is 1. The Hall–Kier alpha value is -3.02. The van der Waals surface area contributed by atoms with Crippen LogP contribution in [0.3, 0.4) is 0 Å². The largest absolute Gasteiger partial charge is 0.486 e. The van der Waals surface area contributed by atoms with Gasteiger partial charge in [0.2, 0.25) is 0 Å². The maximum absolute atomic E-state index is 12.6. The highest BCUT2D eigenvalue weighted by Crippen LogP contribution is 2.32. The predicted octanol–water partition coefficient (Wildman–Crippen LogP) is 2.42. The number of fused-ring (bicyclic) bond motifs is 2. The third-order valence-electron chi connectivity index (χ3n) is 4.61. The van der Waals surface area contributed by atoms with Crippen LogP contribution in [-0.4, -0.2) is 31.2 Å². The normalized spacial score (nSPS) is 19.1. The van der Waals surface area contributed by atoms with Crippen LogP contribution in [0.5, 0.6) is 11.5 Å². The Morgan fingerprint density at radius 3 is 2.73 bits per heavy atom. The van der Waals surface area contributed by atoms with Crippen LogP contribution in [0.1, 0.15) is 34.5 Å². The summed E-state index contributed by atoms with van der Waals surface area (Å²) in [6.45, 7) is 2.92. The monoisotopic (exact) mass is 353 g/mol. The quantitative estimate of drug-likeness (QED) is 0.858. The fourth-order valence-corrected chi connectivity index (χ4v) is 3.20. The van der Waals surface area contributed by atoms with Crippen molar-refractivity contribution >= 4 is 11.9 Å². The van der Waals surface area contributed by atoms with E-state index in [1.807, 2.05) is 37.3 Å². The Morgan fingerprint density at radius 1 is 1.12 bits per heavy atom. The molecule has 134 valence electrons. The number of carbonyl (C=O) groups is 2. The molecule has 2 aromatic rings. The second-order valence-corrected chi connectivity index (χ2v) is 6.39. The molecule has 2 heterocycles. The van der Waals surface area contributed by atoms with Gasteiger partial charge >= 0.3 is 5.97 Å². The molecule has 4 rings (SSSR count). The SMILES string of the molecule is C[C@@H](NC(=O)[C@@H]1Cc2ccccc2C(=O)O1)c1ccc2c(c1)OCCO2. The van der Waals surface area contributed by atoms with E-state index in [0.29, 0.717) is 36.7 Å². The molecule has 0 radical (unpaired) electrons. The van der Waals surface area contributed by atoms with Gasteiger partial charge < -0.3 is 19.5 Å². The van der Waals surface area contributed by atoms with Crippen molar-refractivity contribution in [2.75, 3.05) is 13.2 Å². The average Bonchev–Trinajstić information content (AvgIpc) is 2.67. The number of cyclic esters (lactones) is 1. The molecule has 0 aromatic heterocycles. The number of ether oxygens (including phenoxy) is 3. The van der Waals surface area contributed by atoms with Crippen LogP contribution in [-0.2, 0) is 16.0 Å². The van der Waals surface area contributed by atoms with Gasteiger partial charge in [-0.3, -0.25) is 4.79 Å². The molecule has 0 saturated heterocycles. The zero-order valence-electron chi connectivity index (χ0n) is 14.4. The zero-order chi connectivity index (χ0) is 18.1. The minimum Gasteiger partial charge on any atom is -0.486 e. The van der Waals surface area contributed by atoms with Crippen molar-refractivity contribution < 1.29 is 23.8 Å². The smallest absolute Gasteiger partial charge is 0.339 e. The van der Waals surface area contributed by atoms with Gasteiger partial charge in [-0.1, -0.05) is 24.3 Å². The minimum absolute atomic E-state index is 0.255. The first-order valence-electron chi connectivity index (χ1n) is 8.60. The van der Waals surface area contributed by atoms with Crippen molar-refractivity contribution in [1.82, 2.24) is 5.32 Å². The van der Waals surface area contributed by atoms with Gasteiger partial charge in [0.05, 0.1) is 11.6 Å². The van der Waals surface area contributed by atoms with Gasteiger partial charge in [-0.2, -0.15) is 0 Å². The van der Waals surface area contributed by atoms with Gasteiger partial charge in [-0.15, -0.1) is 0 Å². The first-order chi connectivity index (χ1) is 12.6. The van der Waals surface area contributed by atoms with Crippen molar-refractivity contribution in [3.05, 3.63) is 59.2 Å². The summed E-state index contributed by atoms with van der Waals surface area (Å²) in [5.41, 5.74) is 2.25. The summed E-state index contributed by atoms with van der Waals surface area (Å²) in [7, 11) is 0. The van der Waals surface area contributed by atoms with Gasteiger partial charge in [0.15, 0.2) is 17.6 Å². The number of esters is 1. The van der Waals surface area contributed by atoms with Crippen LogP contribution in [0.15, 0.2) is 42.5 Å². The van der Waals surface area contributed by atoms with Gasteiger partial charge in [0.1, 0.15) is 13.2 Å². The summed E-state index contributed by atoms with van der Waals surface area (Å²) < 4.78 is 16.4. The van der Waals surface area contributed by atoms with E-state index in [-0.39, 0.29) is 11.9 Å². The van der Waals surface area contributed by atoms with Crippen molar-refractivity contribution in [2.24, 2.45) is 0 Å². The average molecular weight is 353 g/mol. The lowest BCUT2D eigenvalue weighted by Gasteiger charge is -2.26. The third kappa shape index (κ3) is 3.10. The lowest BCUT2D eigenvalue weighted by atomic mass is 9.98. The van der Waals surface area contributed by atoms with E-state index in [4.69, 9.17) is 14.2 Å². The highest BCUT2D eigenvalue weighted by molar-refractivity contribution is 5.95. The molecule has 0 aliphatic carbocycles. The van der Waals surface area contributed by atoms with Crippen molar-refractivity contribution in [3.63, 3.8) is 0 Å². The summed E-state index contributed by atoms with van der Waals surface area (Å²) in [6, 6.07) is 12.5. The van der Waals surface area contributed by atoms with Crippen LogP contribution in [0.4, 0.5) is 0 Å². The summed E-state index contributed by atoms with van der Waals surface area (Å²) in [6.07, 6.45) is -0.446. The highest BCUT2D eigenvalue weighted by Gasteiger charge is 2.31. The van der Waals surface area contributed by atoms with E-state index in [9.17, 15) is 9.59 Å². The molecule has 2 aliphatic rings. The van der Waals surface area contributed by atoms with E-state index < -0.39 is 12.1 Å². The summed E-state index contributed by atoms with van der Waals surface area (Å²) in [4.78, 5) is 24.7. The molecular formula is C20H19NO5. The molecule has 26 heavy (non-hydrogen) atoms. The number of hydrogen-bond acceptors (Lipinski definition) is 5. The maximum atomic E-state index is 12.6. The fourth-order valence-electron chi connectivity index (χ4n) is 3.20. The molecule has 0 unspecified atom stereocenters. The van der Waals surface area contributed by atoms with E-state index in [1.165, 1.54) is 0 Å². The second-order valence-electron chi connectivity index (χ2n) is 6.39. The van der Waals surface area contributed by atoms with Crippen LogP contribution in [0, 0.1) is 0 Å². The van der Waals surface area contributed by atoms with Crippen LogP contribution >= 0.6 is 0 Å². The predicted molar refractivity (Wildman–Crippen MR) is 93.3 cm³/mol. The Morgan fingerprint density at radius 2 is 1.88 bits per heavy atom. The molecule has 0 fully saturated rings. The molecule has 0 saturated carbocycles. The van der Waals surface area contributed by atoms with Crippen molar-refractivity contribution in [3.8, 4) is 11.5 Å². The fraction of sp³-hybridized carbons (Fsp3) is 0.300. The van der Waals surface area contributed by atoms with Gasteiger partial charge in [-0.25, -0.2) is 4.79 Å². The second kappa shape index (κ2) is 6.71. The lowest BCUT2D eigenvalue weighted by Crippen LogP contribution is -2.42. The topological polar surface area (TPSA) is 73.9 Å². The molecule has 6 nitrogen and oxygen atoms in total. The highest BCUT2D eigenvalue weighted by atomic mass is 16.6. The standard InChI is InChI=1S/C20H19NO5/c1-12(13-6-7-16-17(10-13)25-9-8-24-16)21-19(22)18-11-14-4-2-3-5-15(14)20(23)26-18/h2-7,10,12,18H,8-9,11H2,1H3,(H,21,22)/t12-,18+/m1/s1. The van der Waals surface area contributed by atoms with E-state index in [1.54, 1.807) is 12.1 Å². The first kappa shape index (κ1) is 16.4. The number of benzene rings is 2. The first-order valence-corrected chi connectivity index (χ1v) is 8.60.